The number of hydrogen-bond acceptors (Lipinski definition) is 5. The molecule has 1 aliphatic rings. The lowest BCUT2D eigenvalue weighted by Gasteiger charge is -2.29. The number of aliphatic hydroxyl groups is 1. The fourth-order valence-corrected chi connectivity index (χ4v) is 2.49. The summed E-state index contributed by atoms with van der Waals surface area (Å²) in [5.74, 6) is 1.50. The van der Waals surface area contributed by atoms with Crippen molar-refractivity contribution in [3.63, 3.8) is 0 Å². The van der Waals surface area contributed by atoms with Crippen molar-refractivity contribution in [2.75, 3.05) is 6.61 Å². The standard InChI is InChI=1S/C13H22N2O3/c1-4-13(5-2,17-6-3)12-14-11(18-15-12)9-7-10(16)8-9/h9-10,16H,4-8H2,1-3H3. The topological polar surface area (TPSA) is 68.4 Å². The van der Waals surface area contributed by atoms with Crippen molar-refractivity contribution >= 4 is 0 Å². The minimum Gasteiger partial charge on any atom is -0.393 e. The van der Waals surface area contributed by atoms with Crippen molar-refractivity contribution in [1.82, 2.24) is 10.1 Å². The summed E-state index contributed by atoms with van der Waals surface area (Å²) >= 11 is 0. The molecule has 1 saturated carbocycles. The van der Waals surface area contributed by atoms with Crippen LogP contribution in [0.5, 0.6) is 0 Å². The maximum Gasteiger partial charge on any atom is 0.230 e. The van der Waals surface area contributed by atoms with Crippen LogP contribution in [0.3, 0.4) is 0 Å². The Morgan fingerprint density at radius 1 is 1.33 bits per heavy atom. The van der Waals surface area contributed by atoms with Crippen LogP contribution in [0.2, 0.25) is 0 Å². The molecule has 18 heavy (non-hydrogen) atoms. The third kappa shape index (κ3) is 2.29. The SMILES string of the molecule is CCOC(CC)(CC)c1noc(C2CC(O)C2)n1. The predicted octanol–water partition coefficient (Wildman–Crippen LogP) is 2.36. The second kappa shape index (κ2) is 5.36. The minimum absolute atomic E-state index is 0.209. The Bertz CT molecular complexity index is 381. The van der Waals surface area contributed by atoms with Crippen molar-refractivity contribution in [2.24, 2.45) is 0 Å². The van der Waals surface area contributed by atoms with Gasteiger partial charge in [-0.15, -0.1) is 0 Å². The molecule has 0 amide bonds. The average molecular weight is 254 g/mol. The molecule has 0 aromatic carbocycles. The first-order chi connectivity index (χ1) is 8.65. The van der Waals surface area contributed by atoms with Gasteiger partial charge < -0.3 is 14.4 Å². The van der Waals surface area contributed by atoms with Crippen molar-refractivity contribution in [1.29, 1.82) is 0 Å². The summed E-state index contributed by atoms with van der Waals surface area (Å²) < 4.78 is 11.2. The van der Waals surface area contributed by atoms with Crippen molar-refractivity contribution in [3.8, 4) is 0 Å². The fraction of sp³-hybridized carbons (Fsp3) is 0.846. The lowest BCUT2D eigenvalue weighted by atomic mass is 9.82. The zero-order chi connectivity index (χ0) is 13.2. The molecule has 0 saturated heterocycles. The molecule has 1 aliphatic carbocycles. The van der Waals surface area contributed by atoms with Gasteiger partial charge in [0.15, 0.2) is 0 Å². The van der Waals surface area contributed by atoms with Crippen LogP contribution in [0, 0.1) is 0 Å². The van der Waals surface area contributed by atoms with Crippen LogP contribution in [-0.4, -0.2) is 28.0 Å². The molecule has 0 atom stereocenters. The number of ether oxygens (including phenoxy) is 1. The van der Waals surface area contributed by atoms with E-state index < -0.39 is 5.60 Å². The zero-order valence-corrected chi connectivity index (χ0v) is 11.3. The van der Waals surface area contributed by atoms with Crippen LogP contribution in [0.25, 0.3) is 0 Å². The van der Waals surface area contributed by atoms with Gasteiger partial charge in [-0.2, -0.15) is 4.98 Å². The number of aromatic nitrogens is 2. The minimum atomic E-state index is -0.432. The molecule has 0 unspecified atom stereocenters. The van der Waals surface area contributed by atoms with Gasteiger partial charge >= 0.3 is 0 Å². The molecule has 2 rings (SSSR count). The van der Waals surface area contributed by atoms with E-state index in [-0.39, 0.29) is 12.0 Å². The molecule has 5 heteroatoms. The van der Waals surface area contributed by atoms with Gasteiger partial charge in [0, 0.05) is 12.5 Å². The van der Waals surface area contributed by atoms with Crippen LogP contribution >= 0.6 is 0 Å². The smallest absolute Gasteiger partial charge is 0.230 e. The molecule has 0 aliphatic heterocycles. The van der Waals surface area contributed by atoms with E-state index in [4.69, 9.17) is 9.26 Å². The highest BCUT2D eigenvalue weighted by Crippen LogP contribution is 2.38. The first kappa shape index (κ1) is 13.5. The van der Waals surface area contributed by atoms with E-state index in [1.807, 2.05) is 6.92 Å². The van der Waals surface area contributed by atoms with Crippen molar-refractivity contribution < 1.29 is 14.4 Å². The maximum absolute atomic E-state index is 9.31. The molecule has 1 fully saturated rings. The molecule has 1 heterocycles. The molecule has 102 valence electrons. The Morgan fingerprint density at radius 3 is 2.50 bits per heavy atom. The van der Waals surface area contributed by atoms with Gasteiger partial charge in [0.1, 0.15) is 5.60 Å². The van der Waals surface area contributed by atoms with Crippen LogP contribution in [0.1, 0.15) is 64.1 Å². The van der Waals surface area contributed by atoms with Crippen LogP contribution in [-0.2, 0) is 10.3 Å². The first-order valence-electron chi connectivity index (χ1n) is 6.81. The van der Waals surface area contributed by atoms with Crippen molar-refractivity contribution in [3.05, 3.63) is 11.7 Å². The lowest BCUT2D eigenvalue weighted by molar-refractivity contribution is -0.0583. The highest BCUT2D eigenvalue weighted by Gasteiger charge is 2.38. The summed E-state index contributed by atoms with van der Waals surface area (Å²) in [6.45, 7) is 6.75. The van der Waals surface area contributed by atoms with Gasteiger partial charge in [-0.1, -0.05) is 19.0 Å². The second-order valence-electron chi connectivity index (χ2n) is 4.91. The van der Waals surface area contributed by atoms with Crippen LogP contribution in [0.4, 0.5) is 0 Å². The molecule has 5 nitrogen and oxygen atoms in total. The van der Waals surface area contributed by atoms with E-state index in [2.05, 4.69) is 24.0 Å². The molecular weight excluding hydrogens is 232 g/mol. The quantitative estimate of drug-likeness (QED) is 0.844. The van der Waals surface area contributed by atoms with E-state index in [9.17, 15) is 5.11 Å². The van der Waals surface area contributed by atoms with Crippen LogP contribution < -0.4 is 0 Å². The number of aliphatic hydroxyl groups excluding tert-OH is 1. The Morgan fingerprint density at radius 2 is 2.00 bits per heavy atom. The summed E-state index contributed by atoms with van der Waals surface area (Å²) in [4.78, 5) is 4.49. The Kier molecular flexibility index (Phi) is 4.02. The molecule has 0 bridgehead atoms. The number of rotatable bonds is 6. The van der Waals surface area contributed by atoms with E-state index >= 15 is 0 Å². The van der Waals surface area contributed by atoms with E-state index in [0.29, 0.717) is 18.3 Å². The normalized spacial score (nSPS) is 24.0. The van der Waals surface area contributed by atoms with Gasteiger partial charge in [0.25, 0.3) is 0 Å². The predicted molar refractivity (Wildman–Crippen MR) is 66.2 cm³/mol. The van der Waals surface area contributed by atoms with Gasteiger partial charge in [-0.25, -0.2) is 0 Å². The Hall–Kier alpha value is -0.940. The highest BCUT2D eigenvalue weighted by atomic mass is 16.5. The highest BCUT2D eigenvalue weighted by molar-refractivity contribution is 5.06. The summed E-state index contributed by atoms with van der Waals surface area (Å²) in [5.41, 5.74) is -0.432. The fourth-order valence-electron chi connectivity index (χ4n) is 2.49. The summed E-state index contributed by atoms with van der Waals surface area (Å²) in [7, 11) is 0. The molecule has 1 aromatic rings. The molecule has 1 aromatic heterocycles. The average Bonchev–Trinajstić information content (AvgIpc) is 2.82. The second-order valence-corrected chi connectivity index (χ2v) is 4.91. The van der Waals surface area contributed by atoms with E-state index in [0.717, 1.165) is 25.7 Å². The largest absolute Gasteiger partial charge is 0.393 e. The third-order valence-corrected chi connectivity index (χ3v) is 3.87. The zero-order valence-electron chi connectivity index (χ0n) is 11.3. The summed E-state index contributed by atoms with van der Waals surface area (Å²) in [5, 5.41) is 13.4. The first-order valence-corrected chi connectivity index (χ1v) is 6.81. The Labute approximate surface area is 108 Å². The van der Waals surface area contributed by atoms with E-state index in [1.54, 1.807) is 0 Å². The molecular formula is C13H22N2O3. The Balaban J connectivity index is 2.16. The summed E-state index contributed by atoms with van der Waals surface area (Å²) in [6.07, 6.45) is 2.88. The van der Waals surface area contributed by atoms with Crippen LogP contribution in [0.15, 0.2) is 4.52 Å². The number of nitrogens with zero attached hydrogens (tertiary/aromatic N) is 2. The monoisotopic (exact) mass is 254 g/mol. The van der Waals surface area contributed by atoms with Gasteiger partial charge in [0.2, 0.25) is 11.7 Å². The van der Waals surface area contributed by atoms with Gasteiger partial charge in [-0.3, -0.25) is 0 Å². The van der Waals surface area contributed by atoms with E-state index in [1.165, 1.54) is 0 Å². The molecule has 0 spiro atoms. The summed E-state index contributed by atoms with van der Waals surface area (Å²) in [6, 6.07) is 0. The lowest BCUT2D eigenvalue weighted by Crippen LogP contribution is -2.30. The van der Waals surface area contributed by atoms with Gasteiger partial charge in [-0.05, 0) is 32.6 Å². The van der Waals surface area contributed by atoms with Crippen molar-refractivity contribution in [2.45, 2.75) is 64.1 Å². The third-order valence-electron chi connectivity index (χ3n) is 3.87. The number of hydrogen-bond donors (Lipinski definition) is 1. The molecule has 1 N–H and O–H groups in total. The maximum atomic E-state index is 9.31. The van der Waals surface area contributed by atoms with Gasteiger partial charge in [0.05, 0.1) is 6.10 Å². The molecule has 0 radical (unpaired) electrons.